The van der Waals surface area contributed by atoms with Crippen LogP contribution in [0.4, 0.5) is 0 Å². The lowest BCUT2D eigenvalue weighted by Crippen LogP contribution is -2.19. The third-order valence-corrected chi connectivity index (χ3v) is 4.68. The fraction of sp³-hybridized carbons (Fsp3) is 0.333. The van der Waals surface area contributed by atoms with E-state index in [2.05, 4.69) is 19.9 Å². The van der Waals surface area contributed by atoms with Gasteiger partial charge in [0.15, 0.2) is 0 Å². The molecule has 0 amide bonds. The summed E-state index contributed by atoms with van der Waals surface area (Å²) >= 11 is 7.72. The summed E-state index contributed by atoms with van der Waals surface area (Å²) in [5.41, 5.74) is 1.97. The number of halogens is 1. The molecule has 4 heteroatoms. The maximum atomic E-state index is 10.3. The maximum Gasteiger partial charge on any atom is 0.128 e. The first kappa shape index (κ1) is 13.0. The maximum absolute atomic E-state index is 10.3. The van der Waals surface area contributed by atoms with Gasteiger partial charge in [-0.15, -0.1) is 11.3 Å². The van der Waals surface area contributed by atoms with Gasteiger partial charge in [-0.25, -0.2) is 0 Å². The van der Waals surface area contributed by atoms with Crippen LogP contribution in [0.1, 0.15) is 39.5 Å². The van der Waals surface area contributed by atoms with Gasteiger partial charge < -0.3 is 9.84 Å². The zero-order valence-electron chi connectivity index (χ0n) is 10.8. The number of aliphatic hydroxyl groups is 1. The van der Waals surface area contributed by atoms with E-state index < -0.39 is 6.10 Å². The number of thiophene rings is 1. The number of ether oxygens (including phenoxy) is 1. The van der Waals surface area contributed by atoms with Gasteiger partial charge in [0.25, 0.3) is 0 Å². The fourth-order valence-electron chi connectivity index (χ4n) is 2.58. The summed E-state index contributed by atoms with van der Waals surface area (Å²) in [5.74, 6) is 0.733. The second-order valence-corrected chi connectivity index (χ2v) is 6.81. The molecular weight excluding hydrogens is 280 g/mol. The second-order valence-electron chi connectivity index (χ2n) is 4.91. The van der Waals surface area contributed by atoms with Crippen molar-refractivity contribution < 1.29 is 9.84 Å². The SMILES string of the molecule is Cc1cc(C2CC(O)c3cc(Cl)ccc3O2)c(C)s1. The van der Waals surface area contributed by atoms with Gasteiger partial charge in [-0.1, -0.05) is 11.6 Å². The van der Waals surface area contributed by atoms with E-state index in [4.69, 9.17) is 16.3 Å². The molecule has 19 heavy (non-hydrogen) atoms. The van der Waals surface area contributed by atoms with Gasteiger partial charge in [-0.3, -0.25) is 0 Å². The zero-order valence-corrected chi connectivity index (χ0v) is 12.4. The minimum absolute atomic E-state index is 0.0753. The van der Waals surface area contributed by atoms with Crippen molar-refractivity contribution in [3.63, 3.8) is 0 Å². The Morgan fingerprint density at radius 1 is 1.26 bits per heavy atom. The van der Waals surface area contributed by atoms with E-state index in [0.717, 1.165) is 11.3 Å². The summed E-state index contributed by atoms with van der Waals surface area (Å²) in [7, 11) is 0. The highest BCUT2D eigenvalue weighted by atomic mass is 35.5. The van der Waals surface area contributed by atoms with Crippen LogP contribution in [0.2, 0.25) is 5.02 Å². The number of aryl methyl sites for hydroxylation is 2. The van der Waals surface area contributed by atoms with Gasteiger partial charge in [0, 0.05) is 32.3 Å². The van der Waals surface area contributed by atoms with Crippen LogP contribution >= 0.6 is 22.9 Å². The number of hydrogen-bond acceptors (Lipinski definition) is 3. The molecule has 2 unspecified atom stereocenters. The molecule has 2 aromatic rings. The molecular formula is C15H15ClO2S. The van der Waals surface area contributed by atoms with Crippen molar-refractivity contribution in [2.75, 3.05) is 0 Å². The van der Waals surface area contributed by atoms with Crippen LogP contribution in [-0.4, -0.2) is 5.11 Å². The van der Waals surface area contributed by atoms with Crippen molar-refractivity contribution >= 4 is 22.9 Å². The predicted octanol–water partition coefficient (Wildman–Crippen LogP) is 4.58. The third-order valence-electron chi connectivity index (χ3n) is 3.46. The minimum atomic E-state index is -0.521. The minimum Gasteiger partial charge on any atom is -0.485 e. The predicted molar refractivity (Wildman–Crippen MR) is 78.2 cm³/mol. The number of hydrogen-bond donors (Lipinski definition) is 1. The van der Waals surface area contributed by atoms with E-state index in [1.807, 2.05) is 6.07 Å². The van der Waals surface area contributed by atoms with E-state index in [1.165, 1.54) is 15.3 Å². The van der Waals surface area contributed by atoms with Gasteiger partial charge >= 0.3 is 0 Å². The van der Waals surface area contributed by atoms with Crippen molar-refractivity contribution in [3.8, 4) is 5.75 Å². The van der Waals surface area contributed by atoms with Crippen LogP contribution in [0, 0.1) is 13.8 Å². The van der Waals surface area contributed by atoms with Crippen molar-refractivity contribution in [2.45, 2.75) is 32.5 Å². The topological polar surface area (TPSA) is 29.5 Å². The fourth-order valence-corrected chi connectivity index (χ4v) is 3.74. The first-order valence-corrected chi connectivity index (χ1v) is 7.45. The molecule has 0 saturated heterocycles. The lowest BCUT2D eigenvalue weighted by molar-refractivity contribution is 0.0657. The van der Waals surface area contributed by atoms with Crippen molar-refractivity contribution in [3.05, 3.63) is 50.2 Å². The van der Waals surface area contributed by atoms with Gasteiger partial charge in [-0.05, 0) is 38.1 Å². The molecule has 100 valence electrons. The van der Waals surface area contributed by atoms with Gasteiger partial charge in [-0.2, -0.15) is 0 Å². The first-order valence-electron chi connectivity index (χ1n) is 6.25. The number of rotatable bonds is 1. The first-order chi connectivity index (χ1) is 9.04. The van der Waals surface area contributed by atoms with Crippen LogP contribution in [0.5, 0.6) is 5.75 Å². The summed E-state index contributed by atoms with van der Waals surface area (Å²) in [4.78, 5) is 2.53. The van der Waals surface area contributed by atoms with E-state index in [0.29, 0.717) is 11.4 Å². The van der Waals surface area contributed by atoms with Crippen molar-refractivity contribution in [1.29, 1.82) is 0 Å². The number of benzene rings is 1. The summed E-state index contributed by atoms with van der Waals surface area (Å²) in [6.07, 6.45) is -0.0228. The standard InChI is InChI=1S/C15H15ClO2S/c1-8-5-11(9(2)19-8)15-7-13(17)12-6-10(16)3-4-14(12)18-15/h3-6,13,15,17H,7H2,1-2H3. The Hall–Kier alpha value is -1.03. The Kier molecular flexibility index (Phi) is 3.29. The Labute approximate surface area is 121 Å². The molecule has 1 aromatic heterocycles. The van der Waals surface area contributed by atoms with Crippen molar-refractivity contribution in [2.24, 2.45) is 0 Å². The van der Waals surface area contributed by atoms with E-state index >= 15 is 0 Å². The van der Waals surface area contributed by atoms with Gasteiger partial charge in [0.2, 0.25) is 0 Å². The molecule has 2 heterocycles. The molecule has 1 N–H and O–H groups in total. The monoisotopic (exact) mass is 294 g/mol. The highest BCUT2D eigenvalue weighted by Gasteiger charge is 2.29. The molecule has 0 spiro atoms. The van der Waals surface area contributed by atoms with Crippen LogP contribution < -0.4 is 4.74 Å². The quantitative estimate of drug-likeness (QED) is 0.834. The Bertz CT molecular complexity index is 621. The highest BCUT2D eigenvalue weighted by Crippen LogP contribution is 2.43. The Balaban J connectivity index is 1.97. The van der Waals surface area contributed by atoms with Gasteiger partial charge in [0.1, 0.15) is 11.9 Å². The van der Waals surface area contributed by atoms with Crippen LogP contribution in [-0.2, 0) is 0 Å². The molecule has 2 atom stereocenters. The molecule has 2 nitrogen and oxygen atoms in total. The van der Waals surface area contributed by atoms with Crippen LogP contribution in [0.15, 0.2) is 24.3 Å². The number of aliphatic hydroxyl groups excluding tert-OH is 1. The normalized spacial score (nSPS) is 21.9. The largest absolute Gasteiger partial charge is 0.485 e. The summed E-state index contributed by atoms with van der Waals surface area (Å²) < 4.78 is 6.03. The average Bonchev–Trinajstić information content (AvgIpc) is 2.69. The third kappa shape index (κ3) is 2.38. The molecule has 1 aliphatic rings. The van der Waals surface area contributed by atoms with E-state index in [9.17, 15) is 5.11 Å². The molecule has 0 fully saturated rings. The molecule has 0 radical (unpaired) electrons. The lowest BCUT2D eigenvalue weighted by Gasteiger charge is -2.30. The number of fused-ring (bicyclic) bond motifs is 1. The average molecular weight is 295 g/mol. The Morgan fingerprint density at radius 2 is 2.05 bits per heavy atom. The summed E-state index contributed by atoms with van der Waals surface area (Å²) in [6.45, 7) is 4.19. The molecule has 0 bridgehead atoms. The van der Waals surface area contributed by atoms with E-state index in [1.54, 1.807) is 23.5 Å². The van der Waals surface area contributed by atoms with E-state index in [-0.39, 0.29) is 6.10 Å². The summed E-state index contributed by atoms with van der Waals surface area (Å²) in [6, 6.07) is 7.56. The zero-order chi connectivity index (χ0) is 13.6. The summed E-state index contributed by atoms with van der Waals surface area (Å²) in [5, 5.41) is 10.9. The molecule has 1 aliphatic heterocycles. The Morgan fingerprint density at radius 3 is 2.74 bits per heavy atom. The molecule has 1 aromatic carbocycles. The van der Waals surface area contributed by atoms with Crippen molar-refractivity contribution in [1.82, 2.24) is 0 Å². The molecule has 3 rings (SSSR count). The van der Waals surface area contributed by atoms with Crippen LogP contribution in [0.25, 0.3) is 0 Å². The highest BCUT2D eigenvalue weighted by molar-refractivity contribution is 7.12. The molecule has 0 aliphatic carbocycles. The second kappa shape index (κ2) is 4.82. The lowest BCUT2D eigenvalue weighted by atomic mass is 9.95. The van der Waals surface area contributed by atoms with Crippen LogP contribution in [0.3, 0.4) is 0 Å². The molecule has 0 saturated carbocycles. The van der Waals surface area contributed by atoms with Gasteiger partial charge in [0.05, 0.1) is 6.10 Å². The smallest absolute Gasteiger partial charge is 0.128 e.